The minimum atomic E-state index is -4.07. The Morgan fingerprint density at radius 2 is 1.73 bits per heavy atom. The highest BCUT2D eigenvalue weighted by molar-refractivity contribution is 7.45. The molecule has 0 radical (unpaired) electrons. The van der Waals surface area contributed by atoms with Gasteiger partial charge in [0.25, 0.3) is 7.82 Å². The normalized spacial score (nSPS) is 16.3. The number of quaternary nitrogens is 1. The standard InChI is InChI=1S/C9H22NO4P/c1-5-6-8-13-15(11,12)14-9-7-10(2,3)4/h5-9H2,1-4H3. The molecule has 0 saturated heterocycles. The highest BCUT2D eigenvalue weighted by Gasteiger charge is 2.12. The van der Waals surface area contributed by atoms with Crippen LogP contribution in [0, 0.1) is 0 Å². The summed E-state index contributed by atoms with van der Waals surface area (Å²) in [5, 5.41) is 0. The molecule has 0 rings (SSSR count). The van der Waals surface area contributed by atoms with Crippen LogP contribution in [0.1, 0.15) is 19.8 Å². The van der Waals surface area contributed by atoms with Crippen LogP contribution in [0.5, 0.6) is 0 Å². The zero-order chi connectivity index (χ0) is 11.9. The summed E-state index contributed by atoms with van der Waals surface area (Å²) in [4.78, 5) is 11.2. The second-order valence-corrected chi connectivity index (χ2v) is 5.89. The molecule has 0 aromatic heterocycles. The zero-order valence-electron chi connectivity index (χ0n) is 10.1. The average Bonchev–Trinajstić information content (AvgIpc) is 2.01. The lowest BCUT2D eigenvalue weighted by Crippen LogP contribution is -2.37. The van der Waals surface area contributed by atoms with Crippen LogP contribution in [-0.2, 0) is 13.6 Å². The molecule has 0 aromatic carbocycles. The molecule has 0 fully saturated rings. The smallest absolute Gasteiger partial charge is 0.268 e. The van der Waals surface area contributed by atoms with Gasteiger partial charge in [-0.15, -0.1) is 0 Å². The van der Waals surface area contributed by atoms with Gasteiger partial charge in [-0.25, -0.2) is 0 Å². The van der Waals surface area contributed by atoms with E-state index in [2.05, 4.69) is 4.52 Å². The summed E-state index contributed by atoms with van der Waals surface area (Å²) in [5.74, 6) is 0. The van der Waals surface area contributed by atoms with Gasteiger partial charge in [0.15, 0.2) is 0 Å². The number of phosphoric ester groups is 1. The average molecular weight is 239 g/mol. The van der Waals surface area contributed by atoms with Crippen LogP contribution in [0.15, 0.2) is 0 Å². The van der Waals surface area contributed by atoms with Crippen molar-refractivity contribution in [3.63, 3.8) is 0 Å². The quantitative estimate of drug-likeness (QED) is 0.360. The van der Waals surface area contributed by atoms with E-state index < -0.39 is 7.82 Å². The summed E-state index contributed by atoms with van der Waals surface area (Å²) in [6.45, 7) is 2.97. The fourth-order valence-electron chi connectivity index (χ4n) is 0.784. The Balaban J connectivity index is 3.69. The van der Waals surface area contributed by atoms with Crippen LogP contribution < -0.4 is 4.89 Å². The van der Waals surface area contributed by atoms with Crippen molar-refractivity contribution in [1.29, 1.82) is 0 Å². The number of nitrogens with zero attached hydrogens (tertiary/aromatic N) is 1. The van der Waals surface area contributed by atoms with Gasteiger partial charge in [-0.05, 0) is 6.42 Å². The van der Waals surface area contributed by atoms with Gasteiger partial charge >= 0.3 is 0 Å². The van der Waals surface area contributed by atoms with E-state index in [9.17, 15) is 9.46 Å². The fourth-order valence-corrected chi connectivity index (χ4v) is 1.52. The highest BCUT2D eigenvalue weighted by atomic mass is 31.2. The topological polar surface area (TPSA) is 58.6 Å². The molecule has 0 spiro atoms. The van der Waals surface area contributed by atoms with E-state index in [1.807, 2.05) is 28.1 Å². The predicted octanol–water partition coefficient (Wildman–Crippen LogP) is 0.994. The van der Waals surface area contributed by atoms with Crippen LogP contribution in [0.3, 0.4) is 0 Å². The van der Waals surface area contributed by atoms with Gasteiger partial charge in [0.05, 0.1) is 27.7 Å². The molecule has 0 amide bonds. The molecule has 0 heterocycles. The van der Waals surface area contributed by atoms with Crippen molar-refractivity contribution in [3.05, 3.63) is 0 Å². The Morgan fingerprint density at radius 1 is 1.20 bits per heavy atom. The van der Waals surface area contributed by atoms with E-state index in [1.54, 1.807) is 0 Å². The minimum Gasteiger partial charge on any atom is -0.756 e. The van der Waals surface area contributed by atoms with Gasteiger partial charge in [0.1, 0.15) is 13.2 Å². The van der Waals surface area contributed by atoms with Crippen molar-refractivity contribution >= 4 is 7.82 Å². The van der Waals surface area contributed by atoms with Crippen molar-refractivity contribution in [1.82, 2.24) is 0 Å². The Morgan fingerprint density at radius 3 is 2.20 bits per heavy atom. The predicted molar refractivity (Wildman–Crippen MR) is 57.3 cm³/mol. The molecule has 0 aliphatic carbocycles. The monoisotopic (exact) mass is 239 g/mol. The highest BCUT2D eigenvalue weighted by Crippen LogP contribution is 2.38. The molecule has 5 nitrogen and oxygen atoms in total. The molecule has 0 aromatic rings. The van der Waals surface area contributed by atoms with Gasteiger partial charge < -0.3 is 18.4 Å². The molecule has 1 unspecified atom stereocenters. The first-order chi connectivity index (χ1) is 6.77. The molecule has 0 bridgehead atoms. The summed E-state index contributed by atoms with van der Waals surface area (Å²) in [6.07, 6.45) is 1.63. The summed E-state index contributed by atoms with van der Waals surface area (Å²) >= 11 is 0. The van der Waals surface area contributed by atoms with Gasteiger partial charge in [-0.2, -0.15) is 0 Å². The maximum absolute atomic E-state index is 11.2. The maximum atomic E-state index is 11.2. The van der Waals surface area contributed by atoms with Crippen molar-refractivity contribution < 1.29 is 23.0 Å². The van der Waals surface area contributed by atoms with Crippen molar-refractivity contribution in [2.24, 2.45) is 0 Å². The van der Waals surface area contributed by atoms with Crippen LogP contribution in [0.4, 0.5) is 0 Å². The van der Waals surface area contributed by atoms with Gasteiger partial charge in [0.2, 0.25) is 0 Å². The summed E-state index contributed by atoms with van der Waals surface area (Å²) < 4.78 is 21.2. The van der Waals surface area contributed by atoms with E-state index >= 15 is 0 Å². The number of unbranched alkanes of at least 4 members (excludes halogenated alkanes) is 1. The lowest BCUT2D eigenvalue weighted by Gasteiger charge is -2.27. The van der Waals surface area contributed by atoms with Crippen LogP contribution in [-0.4, -0.2) is 45.4 Å². The molecule has 15 heavy (non-hydrogen) atoms. The van der Waals surface area contributed by atoms with Crippen LogP contribution >= 0.6 is 7.82 Å². The van der Waals surface area contributed by atoms with Gasteiger partial charge in [0, 0.05) is 0 Å². The van der Waals surface area contributed by atoms with Crippen molar-refractivity contribution in [2.75, 3.05) is 40.9 Å². The Labute approximate surface area is 92.2 Å². The molecule has 1 atom stereocenters. The third kappa shape index (κ3) is 10.4. The first kappa shape index (κ1) is 15.1. The SMILES string of the molecule is CCCCOP(=O)([O-])OCC[N+](C)(C)C. The third-order valence-electron chi connectivity index (χ3n) is 1.76. The summed E-state index contributed by atoms with van der Waals surface area (Å²) in [6, 6.07) is 0. The number of hydrogen-bond acceptors (Lipinski definition) is 4. The molecule has 0 saturated carbocycles. The molecule has 6 heteroatoms. The van der Waals surface area contributed by atoms with E-state index in [0.717, 1.165) is 12.8 Å². The van der Waals surface area contributed by atoms with E-state index in [0.29, 0.717) is 11.0 Å². The van der Waals surface area contributed by atoms with E-state index in [1.165, 1.54) is 0 Å². The number of hydrogen-bond donors (Lipinski definition) is 0. The first-order valence-corrected chi connectivity index (χ1v) is 6.63. The lowest BCUT2D eigenvalue weighted by atomic mass is 10.4. The van der Waals surface area contributed by atoms with Crippen molar-refractivity contribution in [2.45, 2.75) is 19.8 Å². The fraction of sp³-hybridized carbons (Fsp3) is 1.00. The Bertz CT molecular complexity index is 215. The second-order valence-electron chi connectivity index (χ2n) is 4.48. The lowest BCUT2D eigenvalue weighted by molar-refractivity contribution is -0.870. The Kier molecular flexibility index (Phi) is 6.64. The minimum absolute atomic E-state index is 0.163. The molecule has 0 N–H and O–H groups in total. The molecular weight excluding hydrogens is 217 g/mol. The summed E-state index contributed by atoms with van der Waals surface area (Å²) in [7, 11) is 1.84. The van der Waals surface area contributed by atoms with E-state index in [-0.39, 0.29) is 13.2 Å². The molecule has 92 valence electrons. The zero-order valence-corrected chi connectivity index (χ0v) is 11.0. The number of rotatable bonds is 8. The first-order valence-electron chi connectivity index (χ1n) is 5.17. The maximum Gasteiger partial charge on any atom is 0.268 e. The third-order valence-corrected chi connectivity index (χ3v) is 2.76. The number of likely N-dealkylation sites (N-methyl/N-ethyl adjacent to an activating group) is 1. The van der Waals surface area contributed by atoms with Gasteiger partial charge in [-0.1, -0.05) is 13.3 Å². The molecular formula is C9H22NO4P. The second kappa shape index (κ2) is 6.61. The summed E-state index contributed by atoms with van der Waals surface area (Å²) in [5.41, 5.74) is 0. The number of phosphoric acid groups is 1. The van der Waals surface area contributed by atoms with Crippen LogP contribution in [0.2, 0.25) is 0 Å². The van der Waals surface area contributed by atoms with E-state index in [4.69, 9.17) is 4.52 Å². The molecule has 0 aliphatic rings. The largest absolute Gasteiger partial charge is 0.756 e. The van der Waals surface area contributed by atoms with Gasteiger partial charge in [-0.3, -0.25) is 4.57 Å². The Hall–Kier alpha value is 0.0700. The van der Waals surface area contributed by atoms with Crippen LogP contribution in [0.25, 0.3) is 0 Å². The molecule has 0 aliphatic heterocycles. The van der Waals surface area contributed by atoms with Crippen molar-refractivity contribution in [3.8, 4) is 0 Å².